The highest BCUT2D eigenvalue weighted by Gasteiger charge is 2.07. The number of rotatable bonds is 4. The van der Waals surface area contributed by atoms with Gasteiger partial charge < -0.3 is 10.5 Å². The molecule has 1 unspecified atom stereocenters. The predicted octanol–water partition coefficient (Wildman–Crippen LogP) is 3.00. The normalized spacial score (nSPS) is 12.4. The summed E-state index contributed by atoms with van der Waals surface area (Å²) in [7, 11) is 1.67. The molecule has 0 fully saturated rings. The summed E-state index contributed by atoms with van der Waals surface area (Å²) in [5.74, 6) is 0.867. The number of nitrogens with two attached hydrogens (primary N) is 1. The van der Waals surface area contributed by atoms with Gasteiger partial charge in [0.1, 0.15) is 5.75 Å². The van der Waals surface area contributed by atoms with Crippen LogP contribution in [-0.4, -0.2) is 7.11 Å². The van der Waals surface area contributed by atoms with Crippen LogP contribution in [0.4, 0.5) is 0 Å². The zero-order valence-corrected chi connectivity index (χ0v) is 10.0. The molecule has 0 spiro atoms. The smallest absolute Gasteiger partial charge is 0.118 e. The van der Waals surface area contributed by atoms with E-state index in [1.807, 2.05) is 24.3 Å². The molecule has 16 heavy (non-hydrogen) atoms. The molecule has 0 aliphatic heterocycles. The first-order valence-electron chi connectivity index (χ1n) is 5.20. The van der Waals surface area contributed by atoms with Gasteiger partial charge in [0.05, 0.1) is 7.11 Å². The predicted molar refractivity (Wildman–Crippen MR) is 67.9 cm³/mol. The molecule has 3 heteroatoms. The molecule has 2 aromatic rings. The molecular weight excluding hydrogens is 218 g/mol. The fourth-order valence-corrected chi connectivity index (χ4v) is 2.31. The lowest BCUT2D eigenvalue weighted by Gasteiger charge is -2.11. The molecule has 1 aromatic heterocycles. The second-order valence-electron chi connectivity index (χ2n) is 3.72. The van der Waals surface area contributed by atoms with Gasteiger partial charge in [0, 0.05) is 6.04 Å². The summed E-state index contributed by atoms with van der Waals surface area (Å²) in [6.45, 7) is 0. The van der Waals surface area contributed by atoms with Gasteiger partial charge in [-0.1, -0.05) is 12.1 Å². The highest BCUT2D eigenvalue weighted by molar-refractivity contribution is 7.07. The van der Waals surface area contributed by atoms with Gasteiger partial charge in [-0.15, -0.1) is 0 Å². The first-order chi connectivity index (χ1) is 7.79. The van der Waals surface area contributed by atoms with E-state index < -0.39 is 0 Å². The molecule has 0 radical (unpaired) electrons. The third-order valence-corrected chi connectivity index (χ3v) is 3.31. The molecular formula is C13H15NOS. The summed E-state index contributed by atoms with van der Waals surface area (Å²) in [5, 5.41) is 4.22. The van der Waals surface area contributed by atoms with Crippen LogP contribution in [0.2, 0.25) is 0 Å². The molecule has 0 saturated carbocycles. The minimum Gasteiger partial charge on any atom is -0.497 e. The third-order valence-electron chi connectivity index (χ3n) is 2.58. The monoisotopic (exact) mass is 233 g/mol. The van der Waals surface area contributed by atoms with E-state index in [-0.39, 0.29) is 6.04 Å². The van der Waals surface area contributed by atoms with Crippen LogP contribution in [0.25, 0.3) is 0 Å². The van der Waals surface area contributed by atoms with Crippen LogP contribution >= 0.6 is 11.3 Å². The minimum atomic E-state index is 0.0560. The van der Waals surface area contributed by atoms with Crippen LogP contribution in [-0.2, 0) is 6.42 Å². The van der Waals surface area contributed by atoms with E-state index in [1.54, 1.807) is 18.4 Å². The maximum absolute atomic E-state index is 6.14. The van der Waals surface area contributed by atoms with Gasteiger partial charge >= 0.3 is 0 Å². The van der Waals surface area contributed by atoms with Crippen LogP contribution in [0.15, 0.2) is 41.1 Å². The van der Waals surface area contributed by atoms with Gasteiger partial charge in [-0.2, -0.15) is 11.3 Å². The van der Waals surface area contributed by atoms with Crippen molar-refractivity contribution in [2.75, 3.05) is 7.11 Å². The lowest BCUT2D eigenvalue weighted by atomic mass is 10.0. The van der Waals surface area contributed by atoms with Crippen LogP contribution in [0, 0.1) is 0 Å². The average Bonchev–Trinajstić information content (AvgIpc) is 2.82. The summed E-state index contributed by atoms with van der Waals surface area (Å²) in [4.78, 5) is 0. The van der Waals surface area contributed by atoms with Crippen molar-refractivity contribution >= 4 is 11.3 Å². The number of benzene rings is 1. The highest BCUT2D eigenvalue weighted by Crippen LogP contribution is 2.20. The van der Waals surface area contributed by atoms with Crippen LogP contribution in [0.3, 0.4) is 0 Å². The Kier molecular flexibility index (Phi) is 3.59. The molecule has 1 aromatic carbocycles. The summed E-state index contributed by atoms with van der Waals surface area (Å²) < 4.78 is 5.12. The average molecular weight is 233 g/mol. The molecule has 0 aliphatic carbocycles. The van der Waals surface area contributed by atoms with Crippen LogP contribution < -0.4 is 10.5 Å². The third kappa shape index (κ3) is 2.62. The van der Waals surface area contributed by atoms with Crippen LogP contribution in [0.1, 0.15) is 17.2 Å². The minimum absolute atomic E-state index is 0.0560. The number of ether oxygens (including phenoxy) is 1. The molecule has 1 heterocycles. The first-order valence-corrected chi connectivity index (χ1v) is 6.14. The number of hydrogen-bond donors (Lipinski definition) is 1. The van der Waals surface area contributed by atoms with Crippen molar-refractivity contribution in [1.29, 1.82) is 0 Å². The molecule has 2 N–H and O–H groups in total. The van der Waals surface area contributed by atoms with Gasteiger partial charge in [-0.3, -0.25) is 0 Å². The van der Waals surface area contributed by atoms with Crippen LogP contribution in [0.5, 0.6) is 5.75 Å². The van der Waals surface area contributed by atoms with Crippen molar-refractivity contribution in [2.45, 2.75) is 12.5 Å². The lowest BCUT2D eigenvalue weighted by molar-refractivity contribution is 0.414. The second-order valence-corrected chi connectivity index (χ2v) is 4.50. The number of thiophene rings is 1. The zero-order chi connectivity index (χ0) is 11.4. The van der Waals surface area contributed by atoms with E-state index in [1.165, 1.54) is 5.56 Å². The Morgan fingerprint density at radius 3 is 2.56 bits per heavy atom. The summed E-state index contributed by atoms with van der Waals surface area (Å²) in [5.41, 5.74) is 8.59. The van der Waals surface area contributed by atoms with Gasteiger partial charge in [0.15, 0.2) is 0 Å². The first kappa shape index (κ1) is 11.2. The molecule has 1 atom stereocenters. The Labute approximate surface area is 99.7 Å². The molecule has 2 nitrogen and oxygen atoms in total. The number of hydrogen-bond acceptors (Lipinski definition) is 3. The summed E-state index contributed by atoms with van der Waals surface area (Å²) in [6.07, 6.45) is 0.885. The molecule has 2 rings (SSSR count). The SMILES string of the molecule is COc1ccc(C(N)Cc2ccsc2)cc1. The van der Waals surface area contributed by atoms with Crippen molar-refractivity contribution in [3.63, 3.8) is 0 Å². The molecule has 0 bridgehead atoms. The van der Waals surface area contributed by atoms with Crippen molar-refractivity contribution < 1.29 is 4.74 Å². The van der Waals surface area contributed by atoms with E-state index >= 15 is 0 Å². The topological polar surface area (TPSA) is 35.2 Å². The van der Waals surface area contributed by atoms with E-state index in [0.717, 1.165) is 17.7 Å². The van der Waals surface area contributed by atoms with E-state index in [2.05, 4.69) is 16.8 Å². The van der Waals surface area contributed by atoms with Gasteiger partial charge in [-0.25, -0.2) is 0 Å². The molecule has 84 valence electrons. The highest BCUT2D eigenvalue weighted by atomic mass is 32.1. The van der Waals surface area contributed by atoms with Crippen molar-refractivity contribution in [2.24, 2.45) is 5.73 Å². The van der Waals surface area contributed by atoms with Crippen molar-refractivity contribution in [3.8, 4) is 5.75 Å². The Balaban J connectivity index is 2.05. The Bertz CT molecular complexity index is 422. The van der Waals surface area contributed by atoms with E-state index in [0.29, 0.717) is 0 Å². The Morgan fingerprint density at radius 1 is 1.25 bits per heavy atom. The fourth-order valence-electron chi connectivity index (χ4n) is 1.63. The Morgan fingerprint density at radius 2 is 2.00 bits per heavy atom. The molecule has 0 amide bonds. The summed E-state index contributed by atoms with van der Waals surface area (Å²) >= 11 is 1.71. The van der Waals surface area contributed by atoms with Crippen molar-refractivity contribution in [3.05, 3.63) is 52.2 Å². The number of methoxy groups -OCH3 is 1. The Hall–Kier alpha value is -1.32. The second kappa shape index (κ2) is 5.14. The maximum atomic E-state index is 6.14. The lowest BCUT2D eigenvalue weighted by Crippen LogP contribution is -2.12. The van der Waals surface area contributed by atoms with Gasteiger partial charge in [0.25, 0.3) is 0 Å². The molecule has 0 aliphatic rings. The van der Waals surface area contributed by atoms with E-state index in [9.17, 15) is 0 Å². The zero-order valence-electron chi connectivity index (χ0n) is 9.22. The van der Waals surface area contributed by atoms with Crippen molar-refractivity contribution in [1.82, 2.24) is 0 Å². The standard InChI is InChI=1S/C13H15NOS/c1-15-12-4-2-11(3-5-12)13(14)8-10-6-7-16-9-10/h2-7,9,13H,8,14H2,1H3. The van der Waals surface area contributed by atoms with Gasteiger partial charge in [-0.05, 0) is 46.5 Å². The fraction of sp³-hybridized carbons (Fsp3) is 0.231. The quantitative estimate of drug-likeness (QED) is 0.881. The largest absolute Gasteiger partial charge is 0.497 e. The maximum Gasteiger partial charge on any atom is 0.118 e. The van der Waals surface area contributed by atoms with Gasteiger partial charge in [0.2, 0.25) is 0 Å². The summed E-state index contributed by atoms with van der Waals surface area (Å²) in [6, 6.07) is 10.1. The van der Waals surface area contributed by atoms with E-state index in [4.69, 9.17) is 10.5 Å². The molecule has 0 saturated heterocycles.